The molecule has 0 fully saturated rings. The van der Waals surface area contributed by atoms with E-state index < -0.39 is 0 Å². The van der Waals surface area contributed by atoms with Crippen molar-refractivity contribution in [1.82, 2.24) is 10.6 Å². The van der Waals surface area contributed by atoms with Crippen molar-refractivity contribution in [3.05, 3.63) is 71.7 Å². The number of carbonyl (C=O) groups is 1. The maximum Gasteiger partial charge on any atom is 0.318 e. The zero-order valence-corrected chi connectivity index (χ0v) is 12.9. The Hall–Kier alpha value is -2.82. The first-order chi connectivity index (χ1) is 11.2. The highest BCUT2D eigenvalue weighted by Gasteiger charge is 1.98. The fourth-order valence-corrected chi connectivity index (χ4v) is 1.95. The molecule has 23 heavy (non-hydrogen) atoms. The Morgan fingerprint density at radius 2 is 1.83 bits per heavy atom. The number of methoxy groups -OCH3 is 1. The summed E-state index contributed by atoms with van der Waals surface area (Å²) in [7, 11) is 1.63. The topological polar surface area (TPSA) is 50.4 Å². The summed E-state index contributed by atoms with van der Waals surface area (Å²) in [6, 6.07) is 13.4. The predicted molar refractivity (Wildman–Crippen MR) is 88.7 cm³/mol. The number of urea groups is 1. The minimum Gasteiger partial charge on any atom is -0.497 e. The Kier molecular flexibility index (Phi) is 6.17. The van der Waals surface area contributed by atoms with E-state index in [1.165, 1.54) is 18.3 Å². The highest BCUT2D eigenvalue weighted by molar-refractivity contribution is 5.75. The molecule has 2 rings (SSSR count). The second-order valence-electron chi connectivity index (χ2n) is 4.88. The van der Waals surface area contributed by atoms with Crippen molar-refractivity contribution in [2.75, 3.05) is 13.7 Å². The first kappa shape index (κ1) is 16.5. The van der Waals surface area contributed by atoms with Crippen LogP contribution in [0.2, 0.25) is 0 Å². The highest BCUT2D eigenvalue weighted by atomic mass is 19.1. The summed E-state index contributed by atoms with van der Waals surface area (Å²) < 4.78 is 17.8. The maximum absolute atomic E-state index is 12.7. The zero-order chi connectivity index (χ0) is 16.5. The molecule has 0 bridgehead atoms. The number of hydrogen-bond acceptors (Lipinski definition) is 2. The molecule has 0 radical (unpaired) electrons. The first-order valence-corrected chi connectivity index (χ1v) is 7.27. The average molecular weight is 314 g/mol. The van der Waals surface area contributed by atoms with Gasteiger partial charge in [0, 0.05) is 12.7 Å². The lowest BCUT2D eigenvalue weighted by atomic mass is 10.1. The van der Waals surface area contributed by atoms with Gasteiger partial charge < -0.3 is 15.4 Å². The van der Waals surface area contributed by atoms with Crippen molar-refractivity contribution in [3.8, 4) is 5.75 Å². The van der Waals surface area contributed by atoms with E-state index in [-0.39, 0.29) is 11.8 Å². The third-order valence-corrected chi connectivity index (χ3v) is 3.22. The highest BCUT2D eigenvalue weighted by Crippen LogP contribution is 2.11. The molecular formula is C18H19FN2O2. The van der Waals surface area contributed by atoms with Gasteiger partial charge >= 0.3 is 6.03 Å². The van der Waals surface area contributed by atoms with Crippen LogP contribution in [0.5, 0.6) is 5.75 Å². The standard InChI is InChI=1S/C18H19FN2O2/c1-23-17-8-4-15(5-9-17)11-13-21-18(22)20-12-10-14-2-6-16(19)7-3-14/h2-10,12H,11,13H2,1H3,(H2,20,21,22)/b12-10+. The summed E-state index contributed by atoms with van der Waals surface area (Å²) in [6.45, 7) is 0.530. The average Bonchev–Trinajstić information content (AvgIpc) is 2.57. The number of benzene rings is 2. The fraction of sp³-hybridized carbons (Fsp3) is 0.167. The molecular weight excluding hydrogens is 295 g/mol. The van der Waals surface area contributed by atoms with E-state index in [0.717, 1.165) is 23.3 Å². The summed E-state index contributed by atoms with van der Waals surface area (Å²) in [4.78, 5) is 11.6. The van der Waals surface area contributed by atoms with Gasteiger partial charge in [0.1, 0.15) is 11.6 Å². The number of amides is 2. The van der Waals surface area contributed by atoms with Gasteiger partial charge in [0.2, 0.25) is 0 Å². The molecule has 2 N–H and O–H groups in total. The minimum atomic E-state index is -0.286. The number of rotatable bonds is 6. The molecule has 0 saturated carbocycles. The van der Waals surface area contributed by atoms with Gasteiger partial charge in [0.25, 0.3) is 0 Å². The normalized spacial score (nSPS) is 10.5. The van der Waals surface area contributed by atoms with Crippen LogP contribution in [0.3, 0.4) is 0 Å². The summed E-state index contributed by atoms with van der Waals surface area (Å²) in [6.07, 6.45) is 3.96. The molecule has 0 aliphatic carbocycles. The summed E-state index contributed by atoms with van der Waals surface area (Å²) in [5, 5.41) is 5.37. The Balaban J connectivity index is 1.69. The lowest BCUT2D eigenvalue weighted by Gasteiger charge is -2.06. The number of ether oxygens (including phenoxy) is 1. The third kappa shape index (κ3) is 5.82. The van der Waals surface area contributed by atoms with E-state index in [1.54, 1.807) is 25.3 Å². The van der Waals surface area contributed by atoms with Crippen molar-refractivity contribution in [2.24, 2.45) is 0 Å². The second-order valence-corrected chi connectivity index (χ2v) is 4.88. The predicted octanol–water partition coefficient (Wildman–Crippen LogP) is 3.35. The molecule has 4 nitrogen and oxygen atoms in total. The molecule has 0 unspecified atom stereocenters. The molecule has 0 spiro atoms. The van der Waals surface area contributed by atoms with Crippen LogP contribution in [-0.4, -0.2) is 19.7 Å². The van der Waals surface area contributed by atoms with Crippen LogP contribution in [0.25, 0.3) is 6.08 Å². The van der Waals surface area contributed by atoms with Crippen molar-refractivity contribution in [1.29, 1.82) is 0 Å². The number of nitrogens with one attached hydrogen (secondary N) is 2. The van der Waals surface area contributed by atoms with Gasteiger partial charge in [0.15, 0.2) is 0 Å². The first-order valence-electron chi connectivity index (χ1n) is 7.27. The second kappa shape index (κ2) is 8.58. The van der Waals surface area contributed by atoms with Gasteiger partial charge in [-0.25, -0.2) is 9.18 Å². The lowest BCUT2D eigenvalue weighted by molar-refractivity contribution is 0.244. The van der Waals surface area contributed by atoms with Gasteiger partial charge in [-0.1, -0.05) is 24.3 Å². The van der Waals surface area contributed by atoms with Crippen molar-refractivity contribution < 1.29 is 13.9 Å². The van der Waals surface area contributed by atoms with Crippen molar-refractivity contribution in [2.45, 2.75) is 6.42 Å². The lowest BCUT2D eigenvalue weighted by Crippen LogP contribution is -2.33. The van der Waals surface area contributed by atoms with Crippen LogP contribution >= 0.6 is 0 Å². The molecule has 2 amide bonds. The molecule has 2 aromatic rings. The Morgan fingerprint density at radius 1 is 1.13 bits per heavy atom. The van der Waals surface area contributed by atoms with Gasteiger partial charge in [0.05, 0.1) is 7.11 Å². The van der Waals surface area contributed by atoms with E-state index >= 15 is 0 Å². The van der Waals surface area contributed by atoms with Crippen LogP contribution in [0.1, 0.15) is 11.1 Å². The Labute approximate surface area is 135 Å². The monoisotopic (exact) mass is 314 g/mol. The van der Waals surface area contributed by atoms with Crippen LogP contribution in [0.4, 0.5) is 9.18 Å². The van der Waals surface area contributed by atoms with Crippen LogP contribution in [0.15, 0.2) is 54.7 Å². The quantitative estimate of drug-likeness (QED) is 0.859. The molecule has 0 heterocycles. The Morgan fingerprint density at radius 3 is 2.48 bits per heavy atom. The van der Waals surface area contributed by atoms with E-state index in [9.17, 15) is 9.18 Å². The third-order valence-electron chi connectivity index (χ3n) is 3.22. The minimum absolute atomic E-state index is 0.281. The van der Waals surface area contributed by atoms with Gasteiger partial charge in [-0.2, -0.15) is 0 Å². The smallest absolute Gasteiger partial charge is 0.318 e. The van der Waals surface area contributed by atoms with Gasteiger partial charge in [-0.05, 0) is 47.9 Å². The molecule has 0 saturated heterocycles. The molecule has 5 heteroatoms. The molecule has 0 atom stereocenters. The number of halogens is 1. The molecule has 0 aromatic heterocycles. The zero-order valence-electron chi connectivity index (χ0n) is 12.9. The molecule has 0 aliphatic heterocycles. The fourth-order valence-electron chi connectivity index (χ4n) is 1.95. The largest absolute Gasteiger partial charge is 0.497 e. The molecule has 120 valence electrons. The van der Waals surface area contributed by atoms with E-state index in [0.29, 0.717) is 6.54 Å². The van der Waals surface area contributed by atoms with E-state index in [2.05, 4.69) is 10.6 Å². The summed E-state index contributed by atoms with van der Waals surface area (Å²) in [5.74, 6) is 0.525. The van der Waals surface area contributed by atoms with Crippen LogP contribution in [-0.2, 0) is 6.42 Å². The molecule has 2 aromatic carbocycles. The summed E-state index contributed by atoms with van der Waals surface area (Å²) >= 11 is 0. The number of carbonyl (C=O) groups excluding carboxylic acids is 1. The van der Waals surface area contributed by atoms with Gasteiger partial charge in [-0.3, -0.25) is 0 Å². The van der Waals surface area contributed by atoms with Gasteiger partial charge in [-0.15, -0.1) is 0 Å². The SMILES string of the molecule is COc1ccc(CCNC(=O)N/C=C/c2ccc(F)cc2)cc1. The van der Waals surface area contributed by atoms with Crippen molar-refractivity contribution >= 4 is 12.1 Å². The maximum atomic E-state index is 12.7. The number of hydrogen-bond donors (Lipinski definition) is 2. The van der Waals surface area contributed by atoms with Crippen LogP contribution < -0.4 is 15.4 Å². The molecule has 0 aliphatic rings. The van der Waals surface area contributed by atoms with Crippen molar-refractivity contribution in [3.63, 3.8) is 0 Å². The van der Waals surface area contributed by atoms with Crippen LogP contribution in [0, 0.1) is 5.82 Å². The van der Waals surface area contributed by atoms with E-state index in [1.807, 2.05) is 24.3 Å². The summed E-state index contributed by atoms with van der Waals surface area (Å²) in [5.41, 5.74) is 1.93. The van der Waals surface area contributed by atoms with E-state index in [4.69, 9.17) is 4.74 Å². The Bertz CT molecular complexity index is 652.